The standard InChI is InChI=1S/C12H8F3N3O2/c13-12(14,15)8-1-6(3-17-5-8)9-2-7(10(16)19)4-18-11(9)20/h1-5H,(H2,16,19)(H,18,20). The highest BCUT2D eigenvalue weighted by molar-refractivity contribution is 5.93. The van der Waals surface area contributed by atoms with Crippen molar-refractivity contribution in [3.63, 3.8) is 0 Å². The zero-order chi connectivity index (χ0) is 14.9. The Morgan fingerprint density at radius 1 is 1.25 bits per heavy atom. The van der Waals surface area contributed by atoms with Crippen molar-refractivity contribution in [1.29, 1.82) is 0 Å². The van der Waals surface area contributed by atoms with E-state index in [9.17, 15) is 22.8 Å². The Kier molecular flexibility index (Phi) is 3.31. The molecule has 2 aromatic heterocycles. The second-order valence-electron chi connectivity index (χ2n) is 3.96. The van der Waals surface area contributed by atoms with Gasteiger partial charge in [-0.3, -0.25) is 14.6 Å². The molecule has 0 radical (unpaired) electrons. The molecule has 2 rings (SSSR count). The van der Waals surface area contributed by atoms with Gasteiger partial charge in [0.2, 0.25) is 5.91 Å². The Morgan fingerprint density at radius 3 is 2.55 bits per heavy atom. The quantitative estimate of drug-likeness (QED) is 0.876. The van der Waals surface area contributed by atoms with E-state index in [1.165, 1.54) is 0 Å². The number of hydrogen-bond acceptors (Lipinski definition) is 3. The van der Waals surface area contributed by atoms with Crippen LogP contribution >= 0.6 is 0 Å². The van der Waals surface area contributed by atoms with Gasteiger partial charge < -0.3 is 10.7 Å². The van der Waals surface area contributed by atoms with Gasteiger partial charge in [-0.2, -0.15) is 13.2 Å². The Balaban J connectivity index is 2.60. The molecule has 5 nitrogen and oxygen atoms in total. The molecule has 0 saturated carbocycles. The molecule has 3 N–H and O–H groups in total. The van der Waals surface area contributed by atoms with Crippen molar-refractivity contribution in [2.24, 2.45) is 5.73 Å². The van der Waals surface area contributed by atoms with Crippen molar-refractivity contribution in [3.05, 3.63) is 52.2 Å². The number of halogens is 3. The van der Waals surface area contributed by atoms with Crippen LogP contribution in [0.5, 0.6) is 0 Å². The maximum Gasteiger partial charge on any atom is 0.417 e. The van der Waals surface area contributed by atoms with Gasteiger partial charge >= 0.3 is 6.18 Å². The molecule has 8 heteroatoms. The summed E-state index contributed by atoms with van der Waals surface area (Å²) in [5, 5.41) is 0. The lowest BCUT2D eigenvalue weighted by atomic mass is 10.1. The molecule has 0 saturated heterocycles. The first-order valence-electron chi connectivity index (χ1n) is 5.34. The third-order valence-corrected chi connectivity index (χ3v) is 2.56. The fourth-order valence-electron chi connectivity index (χ4n) is 1.58. The Bertz CT molecular complexity index is 722. The predicted molar refractivity (Wildman–Crippen MR) is 63.8 cm³/mol. The minimum Gasteiger partial charge on any atom is -0.366 e. The molecule has 1 amide bonds. The van der Waals surface area contributed by atoms with E-state index in [0.717, 1.165) is 24.5 Å². The van der Waals surface area contributed by atoms with Crippen molar-refractivity contribution >= 4 is 5.91 Å². The largest absolute Gasteiger partial charge is 0.417 e. The first-order chi connectivity index (χ1) is 9.29. The van der Waals surface area contributed by atoms with Gasteiger partial charge in [0.25, 0.3) is 5.56 Å². The number of hydrogen-bond donors (Lipinski definition) is 2. The average Bonchev–Trinajstić information content (AvgIpc) is 2.38. The maximum absolute atomic E-state index is 12.6. The van der Waals surface area contributed by atoms with Gasteiger partial charge in [0.15, 0.2) is 0 Å². The second kappa shape index (κ2) is 4.80. The van der Waals surface area contributed by atoms with Crippen molar-refractivity contribution in [1.82, 2.24) is 9.97 Å². The van der Waals surface area contributed by atoms with Crippen LogP contribution in [-0.4, -0.2) is 15.9 Å². The molecule has 0 atom stereocenters. The summed E-state index contributed by atoms with van der Waals surface area (Å²) in [6, 6.07) is 1.90. The molecule has 0 bridgehead atoms. The molecule has 0 spiro atoms. The molecule has 0 fully saturated rings. The van der Waals surface area contributed by atoms with E-state index >= 15 is 0 Å². The van der Waals surface area contributed by atoms with E-state index in [2.05, 4.69) is 9.97 Å². The van der Waals surface area contributed by atoms with Gasteiger partial charge in [0, 0.05) is 29.7 Å². The van der Waals surface area contributed by atoms with Gasteiger partial charge in [0.05, 0.1) is 11.1 Å². The normalized spacial score (nSPS) is 11.3. The van der Waals surface area contributed by atoms with Crippen LogP contribution in [0.1, 0.15) is 15.9 Å². The number of nitrogens with one attached hydrogen (secondary N) is 1. The second-order valence-corrected chi connectivity index (χ2v) is 3.96. The SMILES string of the molecule is NC(=O)c1c[nH]c(=O)c(-c2cncc(C(F)(F)F)c2)c1. The topological polar surface area (TPSA) is 88.8 Å². The Labute approximate surface area is 110 Å². The zero-order valence-electron chi connectivity index (χ0n) is 9.86. The molecule has 2 heterocycles. The summed E-state index contributed by atoms with van der Waals surface area (Å²) in [5.41, 5.74) is 3.24. The lowest BCUT2D eigenvalue weighted by Gasteiger charge is -2.08. The van der Waals surface area contributed by atoms with Crippen molar-refractivity contribution < 1.29 is 18.0 Å². The number of aromatic amines is 1. The molecular formula is C12H8F3N3O2. The minimum absolute atomic E-state index is 0.0167. The summed E-state index contributed by atoms with van der Waals surface area (Å²) in [5.74, 6) is -0.803. The van der Waals surface area contributed by atoms with E-state index in [-0.39, 0.29) is 16.7 Å². The number of amides is 1. The molecule has 0 aliphatic rings. The first-order valence-corrected chi connectivity index (χ1v) is 5.34. The molecule has 0 aromatic carbocycles. The first kappa shape index (κ1) is 13.8. The molecule has 0 aliphatic heterocycles. The number of H-pyrrole nitrogens is 1. The fraction of sp³-hybridized carbons (Fsp3) is 0.0833. The van der Waals surface area contributed by atoms with Crippen molar-refractivity contribution in [2.45, 2.75) is 6.18 Å². The number of primary amides is 1. The summed E-state index contributed by atoms with van der Waals surface area (Å²) in [6.07, 6.45) is -1.73. The molecule has 2 aromatic rings. The summed E-state index contributed by atoms with van der Waals surface area (Å²) in [7, 11) is 0. The molecule has 0 unspecified atom stereocenters. The number of carbonyl (C=O) groups excluding carboxylic acids is 1. The summed E-state index contributed by atoms with van der Waals surface area (Å²) in [6.45, 7) is 0. The van der Waals surface area contributed by atoms with Gasteiger partial charge in [-0.1, -0.05) is 0 Å². The number of pyridine rings is 2. The monoisotopic (exact) mass is 283 g/mol. The number of rotatable bonds is 2. The van der Waals surface area contributed by atoms with Gasteiger partial charge in [-0.05, 0) is 12.1 Å². The van der Waals surface area contributed by atoms with Crippen LogP contribution < -0.4 is 11.3 Å². The predicted octanol–water partition coefficient (Wildman–Crippen LogP) is 1.55. The molecule has 104 valence electrons. The van der Waals surface area contributed by atoms with Crippen LogP contribution in [0.2, 0.25) is 0 Å². The lowest BCUT2D eigenvalue weighted by Crippen LogP contribution is -2.16. The van der Waals surface area contributed by atoms with E-state index in [4.69, 9.17) is 5.73 Å². The summed E-state index contributed by atoms with van der Waals surface area (Å²) in [4.78, 5) is 28.4. The Hall–Kier alpha value is -2.64. The Morgan fingerprint density at radius 2 is 1.95 bits per heavy atom. The van der Waals surface area contributed by atoms with Gasteiger partial charge in [-0.15, -0.1) is 0 Å². The van der Waals surface area contributed by atoms with Gasteiger partial charge in [-0.25, -0.2) is 0 Å². The molecule has 0 aliphatic carbocycles. The summed E-state index contributed by atoms with van der Waals surface area (Å²) >= 11 is 0. The number of nitrogens with zero attached hydrogens (tertiary/aromatic N) is 1. The van der Waals surface area contributed by atoms with Crippen LogP contribution in [0.25, 0.3) is 11.1 Å². The highest BCUT2D eigenvalue weighted by Crippen LogP contribution is 2.30. The number of nitrogens with two attached hydrogens (primary N) is 1. The average molecular weight is 283 g/mol. The number of aromatic nitrogens is 2. The van der Waals surface area contributed by atoms with E-state index in [1.54, 1.807) is 0 Å². The molecular weight excluding hydrogens is 275 g/mol. The maximum atomic E-state index is 12.6. The van der Waals surface area contributed by atoms with Crippen LogP contribution in [-0.2, 0) is 6.18 Å². The minimum atomic E-state index is -4.57. The molecule has 20 heavy (non-hydrogen) atoms. The number of carbonyl (C=O) groups is 1. The third-order valence-electron chi connectivity index (χ3n) is 2.56. The van der Waals surface area contributed by atoms with Crippen LogP contribution in [0.3, 0.4) is 0 Å². The highest BCUT2D eigenvalue weighted by Gasteiger charge is 2.31. The zero-order valence-corrected chi connectivity index (χ0v) is 9.86. The van der Waals surface area contributed by atoms with Crippen molar-refractivity contribution in [3.8, 4) is 11.1 Å². The fourth-order valence-corrected chi connectivity index (χ4v) is 1.58. The summed E-state index contributed by atoms with van der Waals surface area (Å²) < 4.78 is 37.8. The third kappa shape index (κ3) is 2.68. The van der Waals surface area contributed by atoms with Crippen LogP contribution in [0.4, 0.5) is 13.2 Å². The smallest absolute Gasteiger partial charge is 0.366 e. The lowest BCUT2D eigenvalue weighted by molar-refractivity contribution is -0.137. The van der Waals surface area contributed by atoms with Crippen molar-refractivity contribution in [2.75, 3.05) is 0 Å². The van der Waals surface area contributed by atoms with Crippen LogP contribution in [0.15, 0.2) is 35.5 Å². The van der Waals surface area contributed by atoms with E-state index < -0.39 is 23.2 Å². The van der Waals surface area contributed by atoms with E-state index in [0.29, 0.717) is 6.20 Å². The van der Waals surface area contributed by atoms with E-state index in [1.807, 2.05) is 0 Å². The number of alkyl halides is 3. The highest BCUT2D eigenvalue weighted by atomic mass is 19.4. The van der Waals surface area contributed by atoms with Crippen LogP contribution in [0, 0.1) is 0 Å². The van der Waals surface area contributed by atoms with Gasteiger partial charge in [0.1, 0.15) is 0 Å².